The van der Waals surface area contributed by atoms with E-state index < -0.39 is 20.2 Å². The minimum atomic E-state index is -1.54. The highest BCUT2D eigenvalue weighted by atomic mass is 79.9. The number of nitrogens with zero attached hydrogens (tertiary/aromatic N) is 8. The predicted molar refractivity (Wildman–Crippen MR) is 457 cm³/mol. The van der Waals surface area contributed by atoms with Gasteiger partial charge in [-0.1, -0.05) is 66.7 Å². The third-order valence-electron chi connectivity index (χ3n) is 18.6. The lowest BCUT2D eigenvalue weighted by atomic mass is 9.78. The summed E-state index contributed by atoms with van der Waals surface area (Å²) in [4.78, 5) is 63.8. The van der Waals surface area contributed by atoms with Gasteiger partial charge in [0.1, 0.15) is 37.4 Å². The van der Waals surface area contributed by atoms with Crippen LogP contribution in [0.2, 0.25) is 4.47 Å². The lowest BCUT2D eigenvalue weighted by Crippen LogP contribution is -2.41. The van der Waals surface area contributed by atoms with Crippen LogP contribution < -0.4 is 11.1 Å². The molecule has 1 saturated heterocycles. The zero-order valence-electron chi connectivity index (χ0n) is 65.5. The topological polar surface area (TPSA) is 318 Å². The van der Waals surface area contributed by atoms with Crippen molar-refractivity contribution in [3.8, 4) is 54.9 Å². The predicted octanol–water partition coefficient (Wildman–Crippen LogP) is 19.6. The molecule has 0 aliphatic carbocycles. The standard InChI is InChI=1S/C22H20N2O3S.C20H16N2O3S.C16H23BO4.C12H11BrN2O2S.C10H11BO3.C2BrClN2S/c1-5-26-22(25)16-9-8-15(10-14(16)4)21-23-20(24-28-21)18-11-17-12(2)6-7-13(3)19(17)27-18;1-10-4-5-11(2)17-15(10)9-16(25-17)18-21-19(26-22-18)13-6-7-14(20(23)24)12(3)8-13;1-7-19-14(18)13-9-8-12(10-11(13)2)17-20-15(3,4)16(5,6)21-17;1-3-17-11(16)9-5-4-8(6-7(9)2)10-14-12(13)15-18-10;1-6-3-4-7(2)10-8(6)5-9(14-10)11(12)13;3-1-5-2(4)7-6-1/h6-11H,5H2,1-4H3;4-9H,1-3H3,(H,23,24);8-10H,7H2,1-6H3;4-6H,3H2,1-2H3;3-5,12-13H,1-2H3;. The molecule has 0 bridgehead atoms. The van der Waals surface area contributed by atoms with Crippen molar-refractivity contribution in [2.75, 3.05) is 19.8 Å². The van der Waals surface area contributed by atoms with Crippen LogP contribution >= 0.6 is 89.6 Å². The minimum absolute atomic E-state index is 0.192. The van der Waals surface area contributed by atoms with Crippen LogP contribution in [0, 0.1) is 69.2 Å². The van der Waals surface area contributed by atoms with E-state index in [1.54, 1.807) is 64.1 Å². The molecule has 1 aliphatic heterocycles. The summed E-state index contributed by atoms with van der Waals surface area (Å²) in [5.41, 5.74) is 17.4. The Balaban J connectivity index is 0.000000150. The second kappa shape index (κ2) is 37.8. The summed E-state index contributed by atoms with van der Waals surface area (Å²) in [6, 6.07) is 39.7. The third-order valence-corrected chi connectivity index (χ3v) is 22.8. The van der Waals surface area contributed by atoms with Crippen LogP contribution in [0.5, 0.6) is 0 Å². The van der Waals surface area contributed by atoms with Crippen molar-refractivity contribution >= 4 is 172 Å². The quantitative estimate of drug-likeness (QED) is 0.0517. The van der Waals surface area contributed by atoms with E-state index in [1.807, 2.05) is 156 Å². The Kier molecular flexibility index (Phi) is 28.9. The molecule has 1 fully saturated rings. The normalized spacial score (nSPS) is 12.5. The molecular formula is C82H81B2Br2ClN8O15S4. The van der Waals surface area contributed by atoms with Crippen LogP contribution in [0.1, 0.15) is 146 Å². The van der Waals surface area contributed by atoms with Gasteiger partial charge in [0.15, 0.2) is 11.5 Å². The maximum Gasteiger partial charge on any atom is 0.526 e. The number of aromatic nitrogens is 8. The number of fused-ring (bicyclic) bond motifs is 3. The summed E-state index contributed by atoms with van der Waals surface area (Å²) in [6.07, 6.45) is 0. The average molecular weight is 1760 g/mol. The van der Waals surface area contributed by atoms with E-state index in [9.17, 15) is 19.2 Å². The monoisotopic (exact) mass is 1760 g/mol. The van der Waals surface area contributed by atoms with Gasteiger partial charge in [0, 0.05) is 32.8 Å². The molecule has 7 aromatic carbocycles. The molecule has 0 atom stereocenters. The van der Waals surface area contributed by atoms with Crippen LogP contribution in [0.15, 0.2) is 150 Å². The summed E-state index contributed by atoms with van der Waals surface area (Å²) in [6.45, 7) is 34.1. The molecule has 7 aromatic heterocycles. The second-order valence-corrected chi connectivity index (χ2v) is 32.3. The van der Waals surface area contributed by atoms with Crippen molar-refractivity contribution in [1.29, 1.82) is 0 Å². The number of ether oxygens (including phenoxy) is 3. The van der Waals surface area contributed by atoms with Gasteiger partial charge < -0.3 is 51.9 Å². The zero-order valence-corrected chi connectivity index (χ0v) is 72.7. The van der Waals surface area contributed by atoms with Crippen LogP contribution in [0.25, 0.3) is 87.8 Å². The molecular weight excluding hydrogens is 1680 g/mol. The number of carbonyl (C=O) groups is 4. The number of hydrogen-bond acceptors (Lipinski definition) is 26. The Hall–Kier alpha value is -9.50. The highest BCUT2D eigenvalue weighted by Crippen LogP contribution is 2.39. The molecule has 32 heteroatoms. The van der Waals surface area contributed by atoms with Gasteiger partial charge in [0.25, 0.3) is 0 Å². The fourth-order valence-corrected chi connectivity index (χ4v) is 15.2. The first kappa shape index (κ1) is 86.9. The maximum absolute atomic E-state index is 12.0. The molecule has 0 amide bonds. The summed E-state index contributed by atoms with van der Waals surface area (Å²) in [5.74, 6) is 0.587. The summed E-state index contributed by atoms with van der Waals surface area (Å²) in [7, 11) is -1.95. The number of aryl methyl sites for hydroxylation is 10. The first-order valence-corrected chi connectivity index (χ1v) is 40.9. The van der Waals surface area contributed by atoms with Crippen LogP contribution in [-0.4, -0.2) is 122 Å². The minimum Gasteiger partial charge on any atom is -0.478 e. The summed E-state index contributed by atoms with van der Waals surface area (Å²) < 4.78 is 62.8. The van der Waals surface area contributed by atoms with E-state index in [-0.39, 0.29) is 34.8 Å². The molecule has 14 aromatic rings. The van der Waals surface area contributed by atoms with Crippen molar-refractivity contribution in [1.82, 2.24) is 37.4 Å². The maximum atomic E-state index is 12.0. The van der Waals surface area contributed by atoms with Gasteiger partial charge in [-0.05, 0) is 329 Å². The molecule has 23 nitrogen and oxygen atoms in total. The van der Waals surface area contributed by atoms with Gasteiger partial charge in [-0.25, -0.2) is 34.1 Å². The number of furan rings is 3. The van der Waals surface area contributed by atoms with E-state index in [0.717, 1.165) is 132 Å². The van der Waals surface area contributed by atoms with E-state index in [0.29, 0.717) is 84.7 Å². The number of carbonyl (C=O) groups excluding carboxylic acids is 3. The number of aromatic carboxylic acids is 1. The van der Waals surface area contributed by atoms with Gasteiger partial charge in [-0.3, -0.25) is 0 Å². The smallest absolute Gasteiger partial charge is 0.478 e. The molecule has 0 spiro atoms. The summed E-state index contributed by atoms with van der Waals surface area (Å²) in [5, 5.41) is 32.5. The molecule has 0 saturated carbocycles. The molecule has 0 unspecified atom stereocenters. The fourth-order valence-electron chi connectivity index (χ4n) is 11.7. The molecule has 590 valence electrons. The Morgan fingerprint density at radius 3 is 1.11 bits per heavy atom. The average Bonchev–Trinajstić information content (AvgIpc) is 1.63. The number of carboxylic acids is 1. The van der Waals surface area contributed by atoms with Crippen molar-refractivity contribution in [3.05, 3.63) is 219 Å². The van der Waals surface area contributed by atoms with Gasteiger partial charge in [-0.15, -0.1) is 0 Å². The van der Waals surface area contributed by atoms with Gasteiger partial charge in [-0.2, -0.15) is 22.5 Å². The molecule has 3 N–H and O–H groups in total. The van der Waals surface area contributed by atoms with Gasteiger partial charge in [0.05, 0.1) is 53.3 Å². The van der Waals surface area contributed by atoms with Crippen molar-refractivity contribution in [3.63, 3.8) is 0 Å². The van der Waals surface area contributed by atoms with Crippen LogP contribution in [-0.2, 0) is 23.5 Å². The highest BCUT2D eigenvalue weighted by molar-refractivity contribution is 9.10. The number of rotatable bonds is 14. The number of halogens is 3. The highest BCUT2D eigenvalue weighted by Gasteiger charge is 2.52. The third kappa shape index (κ3) is 20.8. The van der Waals surface area contributed by atoms with Crippen LogP contribution in [0.4, 0.5) is 0 Å². The van der Waals surface area contributed by atoms with E-state index >= 15 is 0 Å². The van der Waals surface area contributed by atoms with E-state index in [2.05, 4.69) is 94.4 Å². The SMILES string of the molecule is CCOC(=O)c1ccc(-c2nc(-c3cc4c(C)ccc(C)c4o3)ns2)cc1C.CCOC(=O)c1ccc(-c2nc(Br)ns2)cc1C.CCOC(=O)c1ccc(B2OC(C)(C)C(C)(C)O2)cc1C.Cc1cc(-c2nc(-c3cc4c(C)ccc(C)c4o3)ns2)ccc1C(=O)O.Cc1ccc(C)c2oc(B(O)O)cc12.Clc1nc(Br)ns1. The molecule has 1 aliphatic rings. The van der Waals surface area contributed by atoms with E-state index in [1.165, 1.54) is 34.6 Å². The Labute approximate surface area is 697 Å². The van der Waals surface area contributed by atoms with Crippen molar-refractivity contribution < 1.29 is 71.1 Å². The number of esters is 3. The molecule has 114 heavy (non-hydrogen) atoms. The number of carboxylic acid groups (broad SMARTS) is 1. The summed E-state index contributed by atoms with van der Waals surface area (Å²) >= 11 is 16.7. The Morgan fingerprint density at radius 2 is 0.789 bits per heavy atom. The first-order chi connectivity index (χ1) is 54.1. The largest absolute Gasteiger partial charge is 0.526 e. The molecule has 0 radical (unpaired) electrons. The van der Waals surface area contributed by atoms with Gasteiger partial charge >= 0.3 is 38.1 Å². The second-order valence-electron chi connectivity index (χ2n) is 27.3. The number of benzene rings is 7. The molecule has 15 rings (SSSR count). The van der Waals surface area contributed by atoms with Gasteiger partial charge in [0.2, 0.25) is 25.6 Å². The first-order valence-electron chi connectivity index (χ1n) is 35.8. The lowest BCUT2D eigenvalue weighted by molar-refractivity contribution is 0.00578. The van der Waals surface area contributed by atoms with Crippen LogP contribution in [0.3, 0.4) is 0 Å². The zero-order chi connectivity index (χ0) is 82.8. The van der Waals surface area contributed by atoms with Crippen molar-refractivity contribution in [2.45, 2.75) is 129 Å². The molecule has 8 heterocycles. The van der Waals surface area contributed by atoms with Crippen molar-refractivity contribution in [2.24, 2.45) is 0 Å². The Bertz CT molecular complexity index is 5700. The lowest BCUT2D eigenvalue weighted by Gasteiger charge is -2.32. The van der Waals surface area contributed by atoms with E-state index in [4.69, 9.17) is 63.5 Å². The number of hydrogen-bond donors (Lipinski definition) is 3. The fraction of sp³-hybridized carbons (Fsp3) is 0.268. The Morgan fingerprint density at radius 1 is 0.439 bits per heavy atom.